The lowest BCUT2D eigenvalue weighted by Gasteiger charge is -2.54. The smallest absolute Gasteiger partial charge is 0.344 e. The zero-order valence-electron chi connectivity index (χ0n) is 19.2. The normalized spacial score (nSPS) is 29.8. The first-order chi connectivity index (χ1) is 16.4. The predicted octanol–water partition coefficient (Wildman–Crippen LogP) is 2.08. The van der Waals surface area contributed by atoms with Crippen LogP contribution < -0.4 is 5.73 Å². The summed E-state index contributed by atoms with van der Waals surface area (Å²) >= 11 is 1.40. The molecule has 3 N–H and O–H groups in total. The van der Waals surface area contributed by atoms with E-state index in [1.165, 1.54) is 24.0 Å². The SMILES string of the molecule is NC(=O)C(c1ncncn1)[N+]12CCC(CC1)[C@@H](OC(=O)C(O)(c1cccs1)C1CCCCC1)C2. The minimum absolute atomic E-state index is 0.153. The van der Waals surface area contributed by atoms with Crippen LogP contribution in [-0.2, 0) is 19.9 Å². The van der Waals surface area contributed by atoms with Crippen LogP contribution in [0.15, 0.2) is 30.2 Å². The maximum Gasteiger partial charge on any atom is 0.344 e. The summed E-state index contributed by atoms with van der Waals surface area (Å²) < 4.78 is 6.52. The van der Waals surface area contributed by atoms with E-state index in [9.17, 15) is 14.7 Å². The molecule has 182 valence electrons. The van der Waals surface area contributed by atoms with Crippen molar-refractivity contribution in [2.45, 2.75) is 62.7 Å². The third-order valence-electron chi connectivity index (χ3n) is 8.20. The van der Waals surface area contributed by atoms with Gasteiger partial charge in [0.05, 0.1) is 13.1 Å². The van der Waals surface area contributed by atoms with Gasteiger partial charge < -0.3 is 20.1 Å². The Kier molecular flexibility index (Phi) is 6.39. The fraction of sp³-hybridized carbons (Fsp3) is 0.625. The fourth-order valence-corrected chi connectivity index (χ4v) is 7.29. The number of quaternary nitrogens is 1. The average molecular weight is 487 g/mol. The molecule has 2 bridgehead atoms. The molecule has 0 radical (unpaired) electrons. The summed E-state index contributed by atoms with van der Waals surface area (Å²) in [6, 6.07) is 2.97. The number of aromatic nitrogens is 3. The fourth-order valence-electron chi connectivity index (χ4n) is 6.40. The number of fused-ring (bicyclic) bond motifs is 3. The van der Waals surface area contributed by atoms with Gasteiger partial charge >= 0.3 is 5.97 Å². The number of amides is 1. The Morgan fingerprint density at radius 1 is 1.15 bits per heavy atom. The first-order valence-electron chi connectivity index (χ1n) is 12.2. The topological polar surface area (TPSA) is 128 Å². The van der Waals surface area contributed by atoms with Crippen LogP contribution in [0, 0.1) is 11.8 Å². The number of nitrogens with zero attached hydrogens (tertiary/aromatic N) is 4. The van der Waals surface area contributed by atoms with E-state index in [0.717, 1.165) is 58.0 Å². The largest absolute Gasteiger partial charge is 0.454 e. The Bertz CT molecular complexity index is 1010. The van der Waals surface area contributed by atoms with E-state index >= 15 is 0 Å². The first-order valence-corrected chi connectivity index (χ1v) is 13.1. The van der Waals surface area contributed by atoms with Crippen molar-refractivity contribution in [3.63, 3.8) is 0 Å². The highest BCUT2D eigenvalue weighted by atomic mass is 32.1. The molecule has 3 aliphatic heterocycles. The highest BCUT2D eigenvalue weighted by Gasteiger charge is 2.56. The summed E-state index contributed by atoms with van der Waals surface area (Å²) in [4.78, 5) is 39.2. The first kappa shape index (κ1) is 23.3. The number of thiophene rings is 1. The highest BCUT2D eigenvalue weighted by molar-refractivity contribution is 7.10. The number of hydrogen-bond donors (Lipinski definition) is 2. The Morgan fingerprint density at radius 2 is 1.85 bits per heavy atom. The Morgan fingerprint density at radius 3 is 2.47 bits per heavy atom. The molecule has 3 saturated heterocycles. The van der Waals surface area contributed by atoms with Crippen molar-refractivity contribution in [1.29, 1.82) is 0 Å². The zero-order valence-corrected chi connectivity index (χ0v) is 20.0. The summed E-state index contributed by atoms with van der Waals surface area (Å²) in [6.07, 6.45) is 8.72. The molecule has 4 fully saturated rings. The summed E-state index contributed by atoms with van der Waals surface area (Å²) in [5, 5.41) is 13.7. The van der Waals surface area contributed by atoms with Crippen molar-refractivity contribution in [2.75, 3.05) is 19.6 Å². The molecule has 1 aliphatic carbocycles. The number of aliphatic hydroxyl groups is 1. The molecule has 0 spiro atoms. The van der Waals surface area contributed by atoms with Crippen molar-refractivity contribution >= 4 is 23.2 Å². The molecule has 1 amide bonds. The van der Waals surface area contributed by atoms with Crippen LogP contribution in [0.25, 0.3) is 0 Å². The third kappa shape index (κ3) is 4.01. The van der Waals surface area contributed by atoms with E-state index in [1.54, 1.807) is 0 Å². The van der Waals surface area contributed by atoms with Gasteiger partial charge in [0.15, 0.2) is 17.5 Å². The second-order valence-electron chi connectivity index (χ2n) is 10.0. The lowest BCUT2D eigenvalue weighted by molar-refractivity contribution is -0.965. The van der Waals surface area contributed by atoms with Crippen LogP contribution in [0.3, 0.4) is 0 Å². The highest BCUT2D eigenvalue weighted by Crippen LogP contribution is 2.45. The van der Waals surface area contributed by atoms with Crippen LogP contribution in [0.1, 0.15) is 61.7 Å². The Balaban J connectivity index is 1.41. The summed E-state index contributed by atoms with van der Waals surface area (Å²) in [7, 11) is 0. The molecular weight excluding hydrogens is 454 g/mol. The average Bonchev–Trinajstić information content (AvgIpc) is 3.41. The van der Waals surface area contributed by atoms with Gasteiger partial charge in [-0.15, -0.1) is 11.3 Å². The van der Waals surface area contributed by atoms with E-state index in [-0.39, 0.29) is 11.8 Å². The third-order valence-corrected chi connectivity index (χ3v) is 9.19. The maximum absolute atomic E-state index is 13.7. The van der Waals surface area contributed by atoms with Gasteiger partial charge in [-0.3, -0.25) is 4.79 Å². The molecule has 2 aromatic rings. The van der Waals surface area contributed by atoms with Gasteiger partial charge in [0.1, 0.15) is 19.2 Å². The molecule has 3 atom stereocenters. The Labute approximate surface area is 203 Å². The second-order valence-corrected chi connectivity index (χ2v) is 11.0. The molecule has 10 heteroatoms. The lowest BCUT2D eigenvalue weighted by atomic mass is 9.75. The number of rotatable bonds is 7. The molecule has 1 saturated carbocycles. The van der Waals surface area contributed by atoms with Crippen LogP contribution in [0.2, 0.25) is 0 Å². The van der Waals surface area contributed by atoms with E-state index in [4.69, 9.17) is 10.5 Å². The summed E-state index contributed by atoms with van der Waals surface area (Å²) in [5.41, 5.74) is 4.22. The molecule has 2 aromatic heterocycles. The molecule has 6 rings (SSSR count). The van der Waals surface area contributed by atoms with Crippen LogP contribution in [0.4, 0.5) is 0 Å². The molecule has 9 nitrogen and oxygen atoms in total. The predicted molar refractivity (Wildman–Crippen MR) is 124 cm³/mol. The van der Waals surface area contributed by atoms with E-state index < -0.39 is 29.6 Å². The van der Waals surface area contributed by atoms with E-state index in [0.29, 0.717) is 21.7 Å². The quantitative estimate of drug-likeness (QED) is 0.453. The minimum atomic E-state index is -1.64. The standard InChI is InChI=1S/C24H31N5O4S/c25-21(30)20(22-27-14-26-15-28-22)29-10-8-16(9-11-29)18(13-29)33-23(31)24(32,19-7-4-12-34-19)17-5-2-1-3-6-17/h4,7,12,14-18,20,32H,1-3,5-6,8-11,13H2,(H-,25,30)/p+1/t16?,18-,20?,24?,29?/m0/s1. The van der Waals surface area contributed by atoms with E-state index in [2.05, 4.69) is 15.0 Å². The number of carbonyl (C=O) groups excluding carboxylic acids is 2. The van der Waals surface area contributed by atoms with Gasteiger partial charge in [0.2, 0.25) is 6.04 Å². The number of piperidine rings is 3. The number of primary amides is 1. The van der Waals surface area contributed by atoms with Crippen LogP contribution in [0.5, 0.6) is 0 Å². The number of esters is 1. The van der Waals surface area contributed by atoms with Crippen LogP contribution >= 0.6 is 11.3 Å². The van der Waals surface area contributed by atoms with Gasteiger partial charge in [-0.05, 0) is 24.3 Å². The summed E-state index contributed by atoms with van der Waals surface area (Å²) in [6.45, 7) is 1.95. The van der Waals surface area contributed by atoms with Crippen molar-refractivity contribution in [3.8, 4) is 0 Å². The number of nitrogens with two attached hydrogens (primary N) is 1. The maximum atomic E-state index is 13.7. The van der Waals surface area contributed by atoms with Gasteiger partial charge in [0, 0.05) is 29.6 Å². The van der Waals surface area contributed by atoms with Crippen molar-refractivity contribution in [2.24, 2.45) is 17.6 Å². The van der Waals surface area contributed by atoms with Gasteiger partial charge in [-0.25, -0.2) is 19.7 Å². The van der Waals surface area contributed by atoms with Gasteiger partial charge in [-0.1, -0.05) is 25.3 Å². The molecule has 5 heterocycles. The molecule has 34 heavy (non-hydrogen) atoms. The minimum Gasteiger partial charge on any atom is -0.454 e. The Hall–Kier alpha value is -2.43. The van der Waals surface area contributed by atoms with Crippen molar-refractivity contribution in [3.05, 3.63) is 40.9 Å². The lowest BCUT2D eigenvalue weighted by Crippen LogP contribution is -2.68. The van der Waals surface area contributed by atoms with Crippen LogP contribution in [-0.4, -0.2) is 62.2 Å². The van der Waals surface area contributed by atoms with E-state index in [1.807, 2.05) is 17.5 Å². The van der Waals surface area contributed by atoms with Gasteiger partial charge in [0.25, 0.3) is 5.91 Å². The summed E-state index contributed by atoms with van der Waals surface area (Å²) in [5.74, 6) is -0.649. The van der Waals surface area contributed by atoms with Crippen molar-refractivity contribution < 1.29 is 23.9 Å². The number of ether oxygens (including phenoxy) is 1. The molecule has 0 aromatic carbocycles. The molecule has 2 unspecified atom stereocenters. The second kappa shape index (κ2) is 9.31. The van der Waals surface area contributed by atoms with Crippen molar-refractivity contribution in [1.82, 2.24) is 15.0 Å². The zero-order chi connectivity index (χ0) is 23.8. The van der Waals surface area contributed by atoms with Gasteiger partial charge in [-0.2, -0.15) is 0 Å². The number of hydrogen-bond acceptors (Lipinski definition) is 8. The molecule has 4 aliphatic rings. The monoisotopic (exact) mass is 486 g/mol. The molecular formula is C24H32N5O4S+. The number of carbonyl (C=O) groups is 2.